The SMILES string of the molecule is CCNC(=NCC(O)c1ccc(C)cc1)NCCc1cccc(F)c1.I. The van der Waals surface area contributed by atoms with Crippen LogP contribution in [0.15, 0.2) is 53.5 Å². The zero-order chi connectivity index (χ0) is 18.1. The summed E-state index contributed by atoms with van der Waals surface area (Å²) in [6.45, 7) is 5.64. The highest BCUT2D eigenvalue weighted by atomic mass is 127. The van der Waals surface area contributed by atoms with Gasteiger partial charge in [0.05, 0.1) is 12.6 Å². The summed E-state index contributed by atoms with van der Waals surface area (Å²) in [6, 6.07) is 14.4. The van der Waals surface area contributed by atoms with Crippen LogP contribution in [0.4, 0.5) is 4.39 Å². The van der Waals surface area contributed by atoms with E-state index in [0.29, 0.717) is 18.9 Å². The Hall–Kier alpha value is -1.67. The number of hydrogen-bond donors (Lipinski definition) is 3. The fraction of sp³-hybridized carbons (Fsp3) is 0.350. The van der Waals surface area contributed by atoms with Gasteiger partial charge in [0.2, 0.25) is 0 Å². The van der Waals surface area contributed by atoms with Crippen LogP contribution in [0.2, 0.25) is 0 Å². The van der Waals surface area contributed by atoms with Gasteiger partial charge >= 0.3 is 0 Å². The summed E-state index contributed by atoms with van der Waals surface area (Å²) in [7, 11) is 0. The van der Waals surface area contributed by atoms with Crippen LogP contribution in [0.3, 0.4) is 0 Å². The van der Waals surface area contributed by atoms with Crippen LogP contribution in [0.25, 0.3) is 0 Å². The van der Waals surface area contributed by atoms with Gasteiger partial charge in [0.1, 0.15) is 5.82 Å². The van der Waals surface area contributed by atoms with Crippen LogP contribution in [0, 0.1) is 12.7 Å². The van der Waals surface area contributed by atoms with Gasteiger partial charge in [-0.2, -0.15) is 0 Å². The second-order valence-corrected chi connectivity index (χ2v) is 5.95. The summed E-state index contributed by atoms with van der Waals surface area (Å²) in [5, 5.41) is 16.6. The molecule has 0 bridgehead atoms. The molecular weight excluding hydrogens is 444 g/mol. The van der Waals surface area contributed by atoms with Crippen molar-refractivity contribution in [1.82, 2.24) is 10.6 Å². The van der Waals surface area contributed by atoms with Crippen molar-refractivity contribution < 1.29 is 9.50 Å². The molecule has 1 atom stereocenters. The monoisotopic (exact) mass is 471 g/mol. The maximum atomic E-state index is 13.2. The first kappa shape index (κ1) is 22.4. The molecule has 0 saturated heterocycles. The summed E-state index contributed by atoms with van der Waals surface area (Å²) in [5.41, 5.74) is 2.94. The summed E-state index contributed by atoms with van der Waals surface area (Å²) in [6.07, 6.45) is 0.0576. The molecule has 0 aromatic heterocycles. The van der Waals surface area contributed by atoms with E-state index >= 15 is 0 Å². The van der Waals surface area contributed by atoms with Crippen LogP contribution in [0.1, 0.15) is 29.7 Å². The lowest BCUT2D eigenvalue weighted by atomic mass is 10.1. The lowest BCUT2D eigenvalue weighted by molar-refractivity contribution is 0.187. The molecule has 0 spiro atoms. The molecule has 4 nitrogen and oxygen atoms in total. The summed E-state index contributed by atoms with van der Waals surface area (Å²) < 4.78 is 13.2. The van der Waals surface area contributed by atoms with Gasteiger partial charge in [-0.3, -0.25) is 4.99 Å². The third kappa shape index (κ3) is 7.70. The van der Waals surface area contributed by atoms with E-state index < -0.39 is 6.10 Å². The number of guanidine groups is 1. The first-order valence-electron chi connectivity index (χ1n) is 8.59. The number of aliphatic hydroxyl groups is 1. The van der Waals surface area contributed by atoms with Crippen molar-refractivity contribution in [3.05, 3.63) is 71.0 Å². The highest BCUT2D eigenvalue weighted by Crippen LogP contribution is 2.13. The molecule has 1 unspecified atom stereocenters. The van der Waals surface area contributed by atoms with Crippen molar-refractivity contribution in [2.45, 2.75) is 26.4 Å². The van der Waals surface area contributed by atoms with E-state index in [1.165, 1.54) is 12.1 Å². The fourth-order valence-corrected chi connectivity index (χ4v) is 2.43. The second kappa shape index (κ2) is 11.9. The lowest BCUT2D eigenvalue weighted by Gasteiger charge is -2.13. The minimum absolute atomic E-state index is 0. The molecule has 0 aliphatic rings. The fourth-order valence-electron chi connectivity index (χ4n) is 2.43. The average Bonchev–Trinajstić information content (AvgIpc) is 2.60. The maximum absolute atomic E-state index is 13.2. The Balaban J connectivity index is 0.00000338. The molecule has 0 heterocycles. The first-order chi connectivity index (χ1) is 12.1. The van der Waals surface area contributed by atoms with Gasteiger partial charge in [-0.25, -0.2) is 4.39 Å². The Morgan fingerprint density at radius 1 is 1.15 bits per heavy atom. The molecule has 0 radical (unpaired) electrons. The topological polar surface area (TPSA) is 56.7 Å². The van der Waals surface area contributed by atoms with E-state index in [-0.39, 0.29) is 36.3 Å². The molecule has 142 valence electrons. The summed E-state index contributed by atoms with van der Waals surface area (Å²) in [5.74, 6) is 0.421. The van der Waals surface area contributed by atoms with Crippen LogP contribution < -0.4 is 10.6 Å². The van der Waals surface area contributed by atoms with Gasteiger partial charge < -0.3 is 15.7 Å². The predicted octanol–water partition coefficient (Wildman–Crippen LogP) is 3.58. The Kier molecular flexibility index (Phi) is 10.2. The number of benzene rings is 2. The third-order valence-electron chi connectivity index (χ3n) is 3.82. The second-order valence-electron chi connectivity index (χ2n) is 5.95. The highest BCUT2D eigenvalue weighted by Gasteiger charge is 2.07. The lowest BCUT2D eigenvalue weighted by Crippen LogP contribution is -2.38. The molecule has 2 aromatic rings. The molecular formula is C20H27FIN3O. The summed E-state index contributed by atoms with van der Waals surface area (Å²) >= 11 is 0. The number of aliphatic hydroxyl groups excluding tert-OH is 1. The predicted molar refractivity (Wildman–Crippen MR) is 116 cm³/mol. The van der Waals surface area contributed by atoms with Gasteiger partial charge in [0, 0.05) is 13.1 Å². The molecule has 0 saturated carbocycles. The first-order valence-corrected chi connectivity index (χ1v) is 8.59. The van der Waals surface area contributed by atoms with E-state index in [1.54, 1.807) is 6.07 Å². The normalized spacial score (nSPS) is 12.2. The van der Waals surface area contributed by atoms with E-state index in [9.17, 15) is 9.50 Å². The number of hydrogen-bond acceptors (Lipinski definition) is 2. The molecule has 0 aliphatic carbocycles. The number of rotatable bonds is 7. The number of aliphatic imine (C=N–C) groups is 1. The molecule has 0 amide bonds. The minimum atomic E-state index is -0.640. The van der Waals surface area contributed by atoms with Crippen LogP contribution in [-0.4, -0.2) is 30.7 Å². The standard InChI is InChI=1S/C20H26FN3O.HI/c1-3-22-20(23-12-11-16-5-4-6-18(21)13-16)24-14-19(25)17-9-7-15(2)8-10-17;/h4-10,13,19,25H,3,11-12,14H2,1-2H3,(H2,22,23,24);1H. The van der Waals surface area contributed by atoms with Crippen molar-refractivity contribution in [3.63, 3.8) is 0 Å². The Morgan fingerprint density at radius 2 is 1.88 bits per heavy atom. The molecule has 2 rings (SSSR count). The maximum Gasteiger partial charge on any atom is 0.191 e. The van der Waals surface area contributed by atoms with Crippen molar-refractivity contribution in [1.29, 1.82) is 0 Å². The van der Waals surface area contributed by atoms with E-state index in [0.717, 1.165) is 23.2 Å². The smallest absolute Gasteiger partial charge is 0.191 e. The number of nitrogens with one attached hydrogen (secondary N) is 2. The molecule has 6 heteroatoms. The van der Waals surface area contributed by atoms with Crippen molar-refractivity contribution >= 4 is 29.9 Å². The summed E-state index contributed by atoms with van der Waals surface area (Å²) in [4.78, 5) is 4.43. The van der Waals surface area contributed by atoms with Gasteiger partial charge in [-0.05, 0) is 43.5 Å². The number of halogens is 2. The molecule has 0 aliphatic heterocycles. The van der Waals surface area contributed by atoms with E-state index in [2.05, 4.69) is 15.6 Å². The van der Waals surface area contributed by atoms with E-state index in [4.69, 9.17) is 0 Å². The van der Waals surface area contributed by atoms with Crippen LogP contribution in [-0.2, 0) is 6.42 Å². The Bertz CT molecular complexity index is 692. The quantitative estimate of drug-likeness (QED) is 0.329. The van der Waals surface area contributed by atoms with Gasteiger partial charge in [0.25, 0.3) is 0 Å². The molecule has 0 fully saturated rings. The molecule has 3 N–H and O–H groups in total. The largest absolute Gasteiger partial charge is 0.386 e. The minimum Gasteiger partial charge on any atom is -0.386 e. The van der Waals surface area contributed by atoms with Crippen molar-refractivity contribution in [2.75, 3.05) is 19.6 Å². The average molecular weight is 471 g/mol. The Morgan fingerprint density at radius 3 is 2.54 bits per heavy atom. The van der Waals surface area contributed by atoms with Gasteiger partial charge in [-0.1, -0.05) is 42.0 Å². The molecule has 2 aromatic carbocycles. The van der Waals surface area contributed by atoms with Crippen molar-refractivity contribution in [2.24, 2.45) is 4.99 Å². The number of aryl methyl sites for hydroxylation is 1. The zero-order valence-electron chi connectivity index (χ0n) is 15.2. The highest BCUT2D eigenvalue weighted by molar-refractivity contribution is 14.0. The third-order valence-corrected chi connectivity index (χ3v) is 3.82. The van der Waals surface area contributed by atoms with Crippen LogP contribution in [0.5, 0.6) is 0 Å². The van der Waals surface area contributed by atoms with Gasteiger partial charge in [-0.15, -0.1) is 24.0 Å². The van der Waals surface area contributed by atoms with E-state index in [1.807, 2.05) is 44.2 Å². The molecule has 26 heavy (non-hydrogen) atoms. The van der Waals surface area contributed by atoms with Crippen LogP contribution >= 0.6 is 24.0 Å². The van der Waals surface area contributed by atoms with Crippen molar-refractivity contribution in [3.8, 4) is 0 Å². The number of nitrogens with zero attached hydrogens (tertiary/aromatic N) is 1. The van der Waals surface area contributed by atoms with Gasteiger partial charge in [0.15, 0.2) is 5.96 Å². The zero-order valence-corrected chi connectivity index (χ0v) is 17.5. The Labute approximate surface area is 172 Å².